The molecule has 4 nitrogen and oxygen atoms in total. The quantitative estimate of drug-likeness (QED) is 0.802. The third-order valence-electron chi connectivity index (χ3n) is 1.87. The molecule has 1 aromatic heterocycles. The van der Waals surface area contributed by atoms with Crippen LogP contribution in [0.15, 0.2) is 12.4 Å². The zero-order valence-corrected chi connectivity index (χ0v) is 8.20. The van der Waals surface area contributed by atoms with E-state index in [4.69, 9.17) is 5.11 Å². The van der Waals surface area contributed by atoms with Crippen LogP contribution >= 0.6 is 0 Å². The van der Waals surface area contributed by atoms with Gasteiger partial charge in [0.05, 0.1) is 19.2 Å². The topological polar surface area (TPSA) is 55.1 Å². The Morgan fingerprint density at radius 2 is 2.36 bits per heavy atom. The highest BCUT2D eigenvalue weighted by Gasteiger charge is 2.20. The molecule has 0 aromatic carbocycles. The Balaban J connectivity index is 2.64. The maximum Gasteiger partial charge on any atom is 0.305 e. The number of aliphatic carboxylic acids is 1. The van der Waals surface area contributed by atoms with Crippen molar-refractivity contribution in [2.24, 2.45) is 0 Å². The highest BCUT2D eigenvalue weighted by molar-refractivity contribution is 5.66. The van der Waals surface area contributed by atoms with Crippen molar-refractivity contribution in [2.75, 3.05) is 0 Å². The van der Waals surface area contributed by atoms with Crippen LogP contribution in [-0.2, 0) is 17.0 Å². The van der Waals surface area contributed by atoms with Crippen molar-refractivity contribution in [3.05, 3.63) is 18.0 Å². The van der Waals surface area contributed by atoms with E-state index in [0.29, 0.717) is 5.56 Å². The predicted molar refractivity (Wildman–Crippen MR) is 48.6 cm³/mol. The summed E-state index contributed by atoms with van der Waals surface area (Å²) in [6, 6.07) is 0. The molecular formula is C9H13FN2O2. The summed E-state index contributed by atoms with van der Waals surface area (Å²) in [5.41, 5.74) is -0.968. The van der Waals surface area contributed by atoms with Crippen molar-refractivity contribution in [1.82, 2.24) is 9.78 Å². The van der Waals surface area contributed by atoms with Crippen LogP contribution in [0.3, 0.4) is 0 Å². The Morgan fingerprint density at radius 3 is 2.79 bits per heavy atom. The van der Waals surface area contributed by atoms with E-state index >= 15 is 0 Å². The summed E-state index contributed by atoms with van der Waals surface area (Å²) in [4.78, 5) is 10.3. The van der Waals surface area contributed by atoms with E-state index in [1.54, 1.807) is 0 Å². The van der Waals surface area contributed by atoms with Crippen LogP contribution in [0, 0.1) is 0 Å². The van der Waals surface area contributed by atoms with Gasteiger partial charge in [-0.2, -0.15) is 5.10 Å². The Kier molecular flexibility index (Phi) is 2.88. The molecule has 0 radical (unpaired) electrons. The third-order valence-corrected chi connectivity index (χ3v) is 1.87. The molecule has 0 aliphatic heterocycles. The predicted octanol–water partition coefficient (Wildman–Crippen LogP) is 1.56. The summed E-state index contributed by atoms with van der Waals surface area (Å²) in [6.07, 6.45) is 2.94. The van der Waals surface area contributed by atoms with E-state index in [2.05, 4.69) is 5.10 Å². The first-order valence-electron chi connectivity index (χ1n) is 4.33. The number of carboxylic acid groups (broad SMARTS) is 1. The molecule has 0 spiro atoms. The first-order valence-corrected chi connectivity index (χ1v) is 4.33. The first kappa shape index (κ1) is 10.7. The molecule has 0 aliphatic rings. The molecule has 0 aliphatic carbocycles. The van der Waals surface area contributed by atoms with Gasteiger partial charge < -0.3 is 5.11 Å². The molecule has 5 heteroatoms. The van der Waals surface area contributed by atoms with Gasteiger partial charge in [0.1, 0.15) is 5.67 Å². The molecule has 0 saturated heterocycles. The first-order chi connectivity index (χ1) is 6.39. The van der Waals surface area contributed by atoms with Gasteiger partial charge >= 0.3 is 5.97 Å². The highest BCUT2D eigenvalue weighted by Crippen LogP contribution is 2.23. The number of halogens is 1. The van der Waals surface area contributed by atoms with Gasteiger partial charge in [0.2, 0.25) is 0 Å². The smallest absolute Gasteiger partial charge is 0.305 e. The number of nitrogens with zero attached hydrogens (tertiary/aromatic N) is 2. The van der Waals surface area contributed by atoms with Crippen LogP contribution in [0.25, 0.3) is 0 Å². The summed E-state index contributed by atoms with van der Waals surface area (Å²) in [5, 5.41) is 12.3. The molecular weight excluding hydrogens is 187 g/mol. The Hall–Kier alpha value is -1.39. The van der Waals surface area contributed by atoms with Gasteiger partial charge in [-0.05, 0) is 13.8 Å². The van der Waals surface area contributed by atoms with E-state index in [9.17, 15) is 9.18 Å². The second-order valence-corrected chi connectivity index (χ2v) is 3.61. The maximum absolute atomic E-state index is 13.4. The van der Waals surface area contributed by atoms with Gasteiger partial charge in [-0.15, -0.1) is 0 Å². The van der Waals surface area contributed by atoms with Gasteiger partial charge in [-0.25, -0.2) is 4.39 Å². The fraction of sp³-hybridized carbons (Fsp3) is 0.556. The molecule has 14 heavy (non-hydrogen) atoms. The lowest BCUT2D eigenvalue weighted by Gasteiger charge is -2.09. The van der Waals surface area contributed by atoms with Crippen LogP contribution in [0.2, 0.25) is 0 Å². The molecule has 0 bridgehead atoms. The Bertz CT molecular complexity index is 328. The van der Waals surface area contributed by atoms with Gasteiger partial charge in [0.25, 0.3) is 0 Å². The van der Waals surface area contributed by atoms with Gasteiger partial charge in [-0.3, -0.25) is 9.48 Å². The van der Waals surface area contributed by atoms with E-state index in [0.717, 1.165) is 0 Å². The summed E-state index contributed by atoms with van der Waals surface area (Å²) in [6.45, 7) is 3.14. The number of hydrogen-bond donors (Lipinski definition) is 1. The SMILES string of the molecule is CC(C)(F)c1cnn(CCC(=O)O)c1. The molecule has 0 saturated carbocycles. The van der Waals surface area contributed by atoms with Crippen molar-refractivity contribution in [2.45, 2.75) is 32.5 Å². The third kappa shape index (κ3) is 2.83. The lowest BCUT2D eigenvalue weighted by Crippen LogP contribution is -2.08. The number of aromatic nitrogens is 2. The van der Waals surface area contributed by atoms with Gasteiger partial charge in [0, 0.05) is 11.8 Å². The number of alkyl halides is 1. The summed E-state index contributed by atoms with van der Waals surface area (Å²) in [5.74, 6) is -0.887. The lowest BCUT2D eigenvalue weighted by atomic mass is 10.1. The lowest BCUT2D eigenvalue weighted by molar-refractivity contribution is -0.137. The molecule has 0 fully saturated rings. The Morgan fingerprint density at radius 1 is 1.71 bits per heavy atom. The van der Waals surface area contributed by atoms with Crippen molar-refractivity contribution < 1.29 is 14.3 Å². The largest absolute Gasteiger partial charge is 0.481 e. The van der Waals surface area contributed by atoms with Crippen LogP contribution in [0.1, 0.15) is 25.8 Å². The average Bonchev–Trinajstić information content (AvgIpc) is 2.47. The van der Waals surface area contributed by atoms with Crippen molar-refractivity contribution in [3.63, 3.8) is 0 Å². The molecule has 0 amide bonds. The van der Waals surface area contributed by atoms with E-state index in [1.807, 2.05) is 0 Å². The summed E-state index contributed by atoms with van der Waals surface area (Å²) < 4.78 is 14.8. The minimum Gasteiger partial charge on any atom is -0.481 e. The molecule has 0 unspecified atom stereocenters. The second kappa shape index (κ2) is 3.77. The number of hydrogen-bond acceptors (Lipinski definition) is 2. The van der Waals surface area contributed by atoms with Crippen molar-refractivity contribution >= 4 is 5.97 Å². The molecule has 1 rings (SSSR count). The summed E-state index contributed by atoms with van der Waals surface area (Å²) in [7, 11) is 0. The molecule has 1 N–H and O–H groups in total. The zero-order valence-electron chi connectivity index (χ0n) is 8.20. The van der Waals surface area contributed by atoms with E-state index in [1.165, 1.54) is 30.9 Å². The minimum atomic E-state index is -1.43. The Labute approximate surface area is 81.3 Å². The normalized spacial score (nSPS) is 11.6. The minimum absolute atomic E-state index is 0.00612. The van der Waals surface area contributed by atoms with E-state index < -0.39 is 11.6 Å². The average molecular weight is 200 g/mol. The van der Waals surface area contributed by atoms with Gasteiger partial charge in [0.15, 0.2) is 0 Å². The second-order valence-electron chi connectivity index (χ2n) is 3.61. The van der Waals surface area contributed by atoms with Gasteiger partial charge in [-0.1, -0.05) is 0 Å². The standard InChI is InChI=1S/C9H13FN2O2/c1-9(2,10)7-5-11-12(6-7)4-3-8(13)14/h5-6H,3-4H2,1-2H3,(H,13,14). The monoisotopic (exact) mass is 200 g/mol. The number of carbonyl (C=O) groups is 1. The molecule has 78 valence electrons. The van der Waals surface area contributed by atoms with Crippen molar-refractivity contribution in [3.8, 4) is 0 Å². The van der Waals surface area contributed by atoms with Crippen LogP contribution in [0.4, 0.5) is 4.39 Å². The van der Waals surface area contributed by atoms with Crippen LogP contribution < -0.4 is 0 Å². The van der Waals surface area contributed by atoms with Crippen LogP contribution in [-0.4, -0.2) is 20.9 Å². The highest BCUT2D eigenvalue weighted by atomic mass is 19.1. The fourth-order valence-electron chi connectivity index (χ4n) is 1.00. The summed E-state index contributed by atoms with van der Waals surface area (Å²) >= 11 is 0. The fourth-order valence-corrected chi connectivity index (χ4v) is 1.00. The number of aryl methyl sites for hydroxylation is 1. The van der Waals surface area contributed by atoms with Crippen molar-refractivity contribution in [1.29, 1.82) is 0 Å². The molecule has 0 atom stereocenters. The number of rotatable bonds is 4. The van der Waals surface area contributed by atoms with E-state index in [-0.39, 0.29) is 13.0 Å². The number of carboxylic acids is 1. The molecule has 1 heterocycles. The van der Waals surface area contributed by atoms with Crippen LogP contribution in [0.5, 0.6) is 0 Å². The maximum atomic E-state index is 13.4. The molecule has 1 aromatic rings. The zero-order chi connectivity index (χ0) is 10.8.